The van der Waals surface area contributed by atoms with Gasteiger partial charge in [-0.3, -0.25) is 14.6 Å². The molecule has 31 heavy (non-hydrogen) atoms. The minimum Gasteiger partial charge on any atom is -0.497 e. The third kappa shape index (κ3) is 4.27. The highest BCUT2D eigenvalue weighted by atomic mass is 16.5. The summed E-state index contributed by atoms with van der Waals surface area (Å²) in [6.45, 7) is 5.80. The molecule has 166 valence electrons. The van der Waals surface area contributed by atoms with Crippen LogP contribution < -0.4 is 4.74 Å². The van der Waals surface area contributed by atoms with Gasteiger partial charge in [-0.15, -0.1) is 0 Å². The number of carbonyl (C=O) groups excluding carboxylic acids is 3. The lowest BCUT2D eigenvalue weighted by Crippen LogP contribution is -2.48. The molecular formula is C24H29NO6. The molecule has 1 aliphatic carbocycles. The second-order valence-electron chi connectivity index (χ2n) is 8.05. The number of esters is 2. The number of hydrogen-bond acceptors (Lipinski definition) is 7. The third-order valence-electron chi connectivity index (χ3n) is 5.98. The number of benzene rings is 1. The molecule has 0 unspecified atom stereocenters. The number of hydrogen-bond donors (Lipinski definition) is 0. The number of Topliss-reactive ketones (excluding diaryl/α,β-unsaturated/α-hetero) is 1. The number of carbonyl (C=O) groups is 3. The Labute approximate surface area is 182 Å². The van der Waals surface area contributed by atoms with Crippen LogP contribution in [-0.2, 0) is 23.9 Å². The second kappa shape index (κ2) is 9.45. The average Bonchev–Trinajstić information content (AvgIpc) is 2.76. The minimum absolute atomic E-state index is 0.234. The molecule has 4 atom stereocenters. The van der Waals surface area contributed by atoms with E-state index in [0.717, 1.165) is 5.56 Å². The van der Waals surface area contributed by atoms with Crippen LogP contribution in [-0.4, -0.2) is 44.3 Å². The largest absolute Gasteiger partial charge is 0.497 e. The zero-order valence-corrected chi connectivity index (χ0v) is 18.6. The summed E-state index contributed by atoms with van der Waals surface area (Å²) in [5.41, 5.74) is 2.32. The maximum absolute atomic E-state index is 13.6. The molecular weight excluding hydrogens is 398 g/mol. The predicted molar refractivity (Wildman–Crippen MR) is 115 cm³/mol. The number of aliphatic imine (C=N–C) groups is 1. The van der Waals surface area contributed by atoms with Crippen LogP contribution in [0.1, 0.15) is 45.1 Å². The predicted octanol–water partition coefficient (Wildman–Crippen LogP) is 3.47. The second-order valence-corrected chi connectivity index (χ2v) is 8.05. The molecule has 7 nitrogen and oxygen atoms in total. The molecule has 0 saturated heterocycles. The van der Waals surface area contributed by atoms with E-state index in [1.54, 1.807) is 20.1 Å². The molecule has 0 aromatic heterocycles. The van der Waals surface area contributed by atoms with E-state index in [1.165, 1.54) is 7.11 Å². The SMILES string of the molecule is CCCOC(=O)C1=C(C)N=C2C[C@@H](C)[C@@H](C(=O)OC)C(=O)[C@@H]2[C@@H]1c1cccc(OC)c1. The summed E-state index contributed by atoms with van der Waals surface area (Å²) in [6, 6.07) is 7.29. The zero-order valence-electron chi connectivity index (χ0n) is 18.6. The number of methoxy groups -OCH3 is 2. The fourth-order valence-corrected chi connectivity index (χ4v) is 4.57. The summed E-state index contributed by atoms with van der Waals surface area (Å²) in [4.78, 5) is 43.7. The summed E-state index contributed by atoms with van der Waals surface area (Å²) in [7, 11) is 2.84. The quantitative estimate of drug-likeness (QED) is 0.510. The van der Waals surface area contributed by atoms with Gasteiger partial charge >= 0.3 is 11.9 Å². The highest BCUT2D eigenvalue weighted by Crippen LogP contribution is 2.46. The Kier molecular flexibility index (Phi) is 6.93. The van der Waals surface area contributed by atoms with E-state index in [9.17, 15) is 14.4 Å². The Balaban J connectivity index is 2.16. The summed E-state index contributed by atoms with van der Waals surface area (Å²) in [5, 5.41) is 0. The Morgan fingerprint density at radius 2 is 1.94 bits per heavy atom. The number of rotatable bonds is 6. The Morgan fingerprint density at radius 1 is 1.19 bits per heavy atom. The van der Waals surface area contributed by atoms with Crippen LogP contribution in [0, 0.1) is 17.8 Å². The topological polar surface area (TPSA) is 91.3 Å². The van der Waals surface area contributed by atoms with Crippen molar-refractivity contribution in [2.75, 3.05) is 20.8 Å². The average molecular weight is 427 g/mol. The third-order valence-corrected chi connectivity index (χ3v) is 5.98. The maximum atomic E-state index is 13.6. The lowest BCUT2D eigenvalue weighted by molar-refractivity contribution is -0.152. The Bertz CT molecular complexity index is 947. The molecule has 1 fully saturated rings. The van der Waals surface area contributed by atoms with Gasteiger partial charge in [-0.05, 0) is 43.4 Å². The Hall–Kier alpha value is -2.96. The van der Waals surface area contributed by atoms with Crippen LogP contribution in [0.4, 0.5) is 0 Å². The van der Waals surface area contributed by atoms with Gasteiger partial charge in [0, 0.05) is 17.3 Å². The van der Waals surface area contributed by atoms with Gasteiger partial charge in [0.25, 0.3) is 0 Å². The summed E-state index contributed by atoms with van der Waals surface area (Å²) in [6.07, 6.45) is 1.16. The first-order valence-corrected chi connectivity index (χ1v) is 10.5. The van der Waals surface area contributed by atoms with E-state index in [4.69, 9.17) is 14.2 Å². The van der Waals surface area contributed by atoms with Crippen molar-refractivity contribution in [2.24, 2.45) is 22.7 Å². The van der Waals surface area contributed by atoms with Crippen molar-refractivity contribution in [1.29, 1.82) is 0 Å². The van der Waals surface area contributed by atoms with E-state index in [-0.39, 0.29) is 18.3 Å². The first-order chi connectivity index (χ1) is 14.8. The van der Waals surface area contributed by atoms with Gasteiger partial charge in [0.1, 0.15) is 11.7 Å². The van der Waals surface area contributed by atoms with Gasteiger partial charge in [0.05, 0.1) is 32.3 Å². The fourth-order valence-electron chi connectivity index (χ4n) is 4.57. The van der Waals surface area contributed by atoms with Crippen LogP contribution in [0.2, 0.25) is 0 Å². The first kappa shape index (κ1) is 22.7. The van der Waals surface area contributed by atoms with Gasteiger partial charge in [0.15, 0.2) is 5.78 Å². The van der Waals surface area contributed by atoms with Crippen LogP contribution in [0.5, 0.6) is 5.75 Å². The Morgan fingerprint density at radius 3 is 2.58 bits per heavy atom. The van der Waals surface area contributed by atoms with Crippen molar-refractivity contribution in [3.63, 3.8) is 0 Å². The van der Waals surface area contributed by atoms with Gasteiger partial charge < -0.3 is 14.2 Å². The van der Waals surface area contributed by atoms with Crippen LogP contribution >= 0.6 is 0 Å². The number of fused-ring (bicyclic) bond motifs is 1. The summed E-state index contributed by atoms with van der Waals surface area (Å²) in [5.74, 6) is -3.18. The van der Waals surface area contributed by atoms with Gasteiger partial charge in [-0.1, -0.05) is 26.0 Å². The normalized spacial score (nSPS) is 25.5. The summed E-state index contributed by atoms with van der Waals surface area (Å²) < 4.78 is 15.7. The van der Waals surface area contributed by atoms with Gasteiger partial charge in [-0.25, -0.2) is 4.79 Å². The van der Waals surface area contributed by atoms with E-state index in [0.29, 0.717) is 35.6 Å². The van der Waals surface area contributed by atoms with Gasteiger partial charge in [0.2, 0.25) is 0 Å². The number of allylic oxidation sites excluding steroid dienone is 1. The van der Waals surface area contributed by atoms with Crippen LogP contribution in [0.15, 0.2) is 40.5 Å². The summed E-state index contributed by atoms with van der Waals surface area (Å²) >= 11 is 0. The van der Waals surface area contributed by atoms with E-state index in [1.807, 2.05) is 32.0 Å². The number of ether oxygens (including phenoxy) is 3. The highest BCUT2D eigenvalue weighted by molar-refractivity contribution is 6.17. The number of ketones is 1. The molecule has 2 aliphatic rings. The number of nitrogens with zero attached hydrogens (tertiary/aromatic N) is 1. The molecule has 1 aliphatic heterocycles. The molecule has 0 N–H and O–H groups in total. The van der Waals surface area contributed by atoms with Crippen molar-refractivity contribution in [2.45, 2.75) is 39.5 Å². The van der Waals surface area contributed by atoms with Crippen molar-refractivity contribution in [3.8, 4) is 5.75 Å². The van der Waals surface area contributed by atoms with Crippen LogP contribution in [0.3, 0.4) is 0 Å². The molecule has 1 aromatic rings. The maximum Gasteiger partial charge on any atom is 0.336 e. The van der Waals surface area contributed by atoms with Crippen molar-refractivity contribution < 1.29 is 28.6 Å². The van der Waals surface area contributed by atoms with E-state index >= 15 is 0 Å². The molecule has 3 rings (SSSR count). The zero-order chi connectivity index (χ0) is 22.7. The van der Waals surface area contributed by atoms with E-state index < -0.39 is 29.7 Å². The smallest absolute Gasteiger partial charge is 0.336 e. The van der Waals surface area contributed by atoms with Gasteiger partial charge in [-0.2, -0.15) is 0 Å². The molecule has 7 heteroatoms. The minimum atomic E-state index is -0.895. The monoisotopic (exact) mass is 427 g/mol. The van der Waals surface area contributed by atoms with Crippen molar-refractivity contribution in [1.82, 2.24) is 0 Å². The molecule has 1 aromatic carbocycles. The first-order valence-electron chi connectivity index (χ1n) is 10.5. The van der Waals surface area contributed by atoms with E-state index in [2.05, 4.69) is 4.99 Å². The van der Waals surface area contributed by atoms with Crippen molar-refractivity contribution in [3.05, 3.63) is 41.1 Å². The van der Waals surface area contributed by atoms with Crippen LogP contribution in [0.25, 0.3) is 0 Å². The standard InChI is InChI=1S/C24H29NO6/c1-6-10-31-24(28)19-14(3)25-17-11-13(2)18(23(27)30-5)22(26)21(17)20(19)15-8-7-9-16(12-15)29-4/h7-9,12-13,18,20-21H,6,10-11H2,1-5H3/t13-,18-,20-,21+/m1/s1. The molecule has 1 heterocycles. The molecule has 0 spiro atoms. The van der Waals surface area contributed by atoms with Crippen molar-refractivity contribution >= 4 is 23.4 Å². The molecule has 0 amide bonds. The lowest BCUT2D eigenvalue weighted by atomic mass is 9.63. The fraction of sp³-hybridized carbons (Fsp3) is 0.500. The molecule has 0 radical (unpaired) electrons. The molecule has 1 saturated carbocycles. The highest BCUT2D eigenvalue weighted by Gasteiger charge is 2.51. The molecule has 0 bridgehead atoms. The lowest BCUT2D eigenvalue weighted by Gasteiger charge is -2.40.